The maximum atomic E-state index is 13.2. The highest BCUT2D eigenvalue weighted by Gasteiger charge is 2.31. The summed E-state index contributed by atoms with van der Waals surface area (Å²) in [6.07, 6.45) is 0. The third-order valence-electron chi connectivity index (χ3n) is 2.49. The third kappa shape index (κ3) is 3.86. The first-order chi connectivity index (χ1) is 6.53. The molecule has 0 radical (unpaired) electrons. The molecule has 0 aromatic heterocycles. The highest BCUT2D eigenvalue weighted by Crippen LogP contribution is 2.15. The second-order valence-electron chi connectivity index (χ2n) is 3.97. The van der Waals surface area contributed by atoms with Crippen LogP contribution in [0.3, 0.4) is 0 Å². The topological polar surface area (TPSA) is 18.5 Å². The standard InChI is InChI=1S/C9H19F2N3/c1-12-7-9(10,11)8-14-5-3-13(2)4-6-14/h12H,3-8H2,1-2H3. The fourth-order valence-electron chi connectivity index (χ4n) is 1.65. The van der Waals surface area contributed by atoms with E-state index in [0.717, 1.165) is 26.2 Å². The van der Waals surface area contributed by atoms with E-state index < -0.39 is 5.92 Å². The second kappa shape index (κ2) is 5.00. The normalized spacial score (nSPS) is 21.4. The van der Waals surface area contributed by atoms with Crippen molar-refractivity contribution in [1.82, 2.24) is 15.1 Å². The Hall–Kier alpha value is -0.260. The van der Waals surface area contributed by atoms with Crippen molar-refractivity contribution in [3.63, 3.8) is 0 Å². The van der Waals surface area contributed by atoms with Crippen LogP contribution in [0.15, 0.2) is 0 Å². The minimum absolute atomic E-state index is 0.123. The number of rotatable bonds is 4. The summed E-state index contributed by atoms with van der Waals surface area (Å²) >= 11 is 0. The monoisotopic (exact) mass is 207 g/mol. The lowest BCUT2D eigenvalue weighted by Crippen LogP contribution is -2.50. The second-order valence-corrected chi connectivity index (χ2v) is 3.97. The predicted octanol–water partition coefficient (Wildman–Crippen LogP) is 0.0885. The summed E-state index contributed by atoms with van der Waals surface area (Å²) in [5.74, 6) is -2.61. The first kappa shape index (κ1) is 11.8. The number of hydrogen-bond acceptors (Lipinski definition) is 3. The number of likely N-dealkylation sites (N-methyl/N-ethyl adjacent to an activating group) is 1. The van der Waals surface area contributed by atoms with Gasteiger partial charge >= 0.3 is 0 Å². The molecule has 5 heteroatoms. The van der Waals surface area contributed by atoms with Crippen LogP contribution in [-0.4, -0.2) is 69.1 Å². The van der Waals surface area contributed by atoms with Crippen molar-refractivity contribution in [2.75, 3.05) is 53.4 Å². The quantitative estimate of drug-likeness (QED) is 0.705. The molecule has 0 unspecified atom stereocenters. The fraction of sp³-hybridized carbons (Fsp3) is 1.00. The molecule has 1 N–H and O–H groups in total. The van der Waals surface area contributed by atoms with Gasteiger partial charge in [-0.3, -0.25) is 4.90 Å². The minimum Gasteiger partial charge on any atom is -0.314 e. The van der Waals surface area contributed by atoms with Crippen LogP contribution in [-0.2, 0) is 0 Å². The Morgan fingerprint density at radius 3 is 2.29 bits per heavy atom. The van der Waals surface area contributed by atoms with Gasteiger partial charge in [-0.05, 0) is 14.1 Å². The van der Waals surface area contributed by atoms with Gasteiger partial charge < -0.3 is 10.2 Å². The maximum absolute atomic E-state index is 13.2. The predicted molar refractivity (Wildman–Crippen MR) is 52.8 cm³/mol. The lowest BCUT2D eigenvalue weighted by atomic mass is 10.2. The summed E-state index contributed by atoms with van der Waals surface area (Å²) < 4.78 is 26.4. The Kier molecular flexibility index (Phi) is 4.22. The molecule has 0 amide bonds. The molecular formula is C9H19F2N3. The van der Waals surface area contributed by atoms with Gasteiger partial charge in [-0.25, -0.2) is 8.78 Å². The van der Waals surface area contributed by atoms with Gasteiger partial charge in [-0.1, -0.05) is 0 Å². The number of piperazine rings is 1. The van der Waals surface area contributed by atoms with Crippen molar-refractivity contribution in [2.45, 2.75) is 5.92 Å². The van der Waals surface area contributed by atoms with Crippen LogP contribution in [0.25, 0.3) is 0 Å². The van der Waals surface area contributed by atoms with Crippen molar-refractivity contribution < 1.29 is 8.78 Å². The van der Waals surface area contributed by atoms with Crippen LogP contribution < -0.4 is 5.32 Å². The van der Waals surface area contributed by atoms with E-state index in [-0.39, 0.29) is 13.1 Å². The molecule has 1 rings (SSSR count). The zero-order valence-corrected chi connectivity index (χ0v) is 8.89. The van der Waals surface area contributed by atoms with Crippen LogP contribution in [0, 0.1) is 0 Å². The third-order valence-corrected chi connectivity index (χ3v) is 2.49. The summed E-state index contributed by atoms with van der Waals surface area (Å²) in [6, 6.07) is 0. The molecule has 1 saturated heterocycles. The van der Waals surface area contributed by atoms with Crippen LogP contribution in [0.4, 0.5) is 8.78 Å². The van der Waals surface area contributed by atoms with Gasteiger partial charge in [0.25, 0.3) is 5.92 Å². The van der Waals surface area contributed by atoms with Crippen molar-refractivity contribution in [3.05, 3.63) is 0 Å². The molecule has 14 heavy (non-hydrogen) atoms. The first-order valence-electron chi connectivity index (χ1n) is 4.97. The average Bonchev–Trinajstić information content (AvgIpc) is 2.08. The molecule has 84 valence electrons. The molecule has 0 spiro atoms. The first-order valence-corrected chi connectivity index (χ1v) is 4.97. The summed E-state index contributed by atoms with van der Waals surface area (Å²) in [5.41, 5.74) is 0. The largest absolute Gasteiger partial charge is 0.314 e. The molecule has 0 atom stereocenters. The van der Waals surface area contributed by atoms with Gasteiger partial charge in [0.15, 0.2) is 0 Å². The SMILES string of the molecule is CNCC(F)(F)CN1CCN(C)CC1. The van der Waals surface area contributed by atoms with Gasteiger partial charge in [0, 0.05) is 26.2 Å². The molecule has 0 saturated carbocycles. The maximum Gasteiger partial charge on any atom is 0.272 e. The van der Waals surface area contributed by atoms with E-state index in [1.165, 1.54) is 0 Å². The zero-order valence-electron chi connectivity index (χ0n) is 8.89. The van der Waals surface area contributed by atoms with Crippen molar-refractivity contribution in [3.8, 4) is 0 Å². The summed E-state index contributed by atoms with van der Waals surface area (Å²) in [5, 5.41) is 2.52. The summed E-state index contributed by atoms with van der Waals surface area (Å²) in [7, 11) is 3.57. The lowest BCUT2D eigenvalue weighted by molar-refractivity contribution is -0.0373. The van der Waals surface area contributed by atoms with E-state index >= 15 is 0 Å². The van der Waals surface area contributed by atoms with E-state index in [1.807, 2.05) is 11.9 Å². The number of nitrogens with one attached hydrogen (secondary N) is 1. The number of hydrogen-bond donors (Lipinski definition) is 1. The Balaban J connectivity index is 2.29. The zero-order chi connectivity index (χ0) is 10.6. The molecule has 1 fully saturated rings. The van der Waals surface area contributed by atoms with Gasteiger partial charge in [-0.15, -0.1) is 0 Å². The molecule has 1 aliphatic rings. The molecule has 0 aliphatic carbocycles. The van der Waals surface area contributed by atoms with E-state index in [1.54, 1.807) is 7.05 Å². The average molecular weight is 207 g/mol. The van der Waals surface area contributed by atoms with Gasteiger partial charge in [0.2, 0.25) is 0 Å². The highest BCUT2D eigenvalue weighted by atomic mass is 19.3. The van der Waals surface area contributed by atoms with E-state index in [0.29, 0.717) is 0 Å². The van der Waals surface area contributed by atoms with E-state index in [9.17, 15) is 8.78 Å². The Morgan fingerprint density at radius 2 is 1.79 bits per heavy atom. The number of halogens is 2. The van der Waals surface area contributed by atoms with Gasteiger partial charge in [0.1, 0.15) is 0 Å². The molecular weight excluding hydrogens is 188 g/mol. The van der Waals surface area contributed by atoms with Crippen LogP contribution in [0.1, 0.15) is 0 Å². The number of alkyl halides is 2. The van der Waals surface area contributed by atoms with Gasteiger partial charge in [0.05, 0.1) is 13.1 Å². The summed E-state index contributed by atoms with van der Waals surface area (Å²) in [6.45, 7) is 2.90. The summed E-state index contributed by atoms with van der Waals surface area (Å²) in [4.78, 5) is 3.99. The van der Waals surface area contributed by atoms with Crippen LogP contribution >= 0.6 is 0 Å². The van der Waals surface area contributed by atoms with Crippen LogP contribution in [0.2, 0.25) is 0 Å². The molecule has 1 heterocycles. The molecule has 3 nitrogen and oxygen atoms in total. The van der Waals surface area contributed by atoms with Crippen LogP contribution in [0.5, 0.6) is 0 Å². The smallest absolute Gasteiger partial charge is 0.272 e. The lowest BCUT2D eigenvalue weighted by Gasteiger charge is -2.34. The van der Waals surface area contributed by atoms with Crippen molar-refractivity contribution >= 4 is 0 Å². The fourth-order valence-corrected chi connectivity index (χ4v) is 1.65. The molecule has 0 aromatic rings. The molecule has 0 bridgehead atoms. The van der Waals surface area contributed by atoms with E-state index in [2.05, 4.69) is 10.2 Å². The minimum atomic E-state index is -2.61. The van der Waals surface area contributed by atoms with Crippen molar-refractivity contribution in [1.29, 1.82) is 0 Å². The van der Waals surface area contributed by atoms with Crippen molar-refractivity contribution in [2.24, 2.45) is 0 Å². The molecule has 0 aromatic carbocycles. The Morgan fingerprint density at radius 1 is 1.21 bits per heavy atom. The highest BCUT2D eigenvalue weighted by molar-refractivity contribution is 4.77. The molecule has 1 aliphatic heterocycles. The number of nitrogens with zero attached hydrogens (tertiary/aromatic N) is 2. The van der Waals surface area contributed by atoms with E-state index in [4.69, 9.17) is 0 Å². The Bertz CT molecular complexity index is 167. The van der Waals surface area contributed by atoms with Gasteiger partial charge in [-0.2, -0.15) is 0 Å². The Labute approximate surface area is 84.1 Å².